The Hall–Kier alpha value is -1.85. The van der Waals surface area contributed by atoms with Crippen LogP contribution in [0.1, 0.15) is 57.8 Å². The van der Waals surface area contributed by atoms with Crippen LogP contribution in [0, 0.1) is 0 Å². The Morgan fingerprint density at radius 2 is 2.12 bits per heavy atom. The highest BCUT2D eigenvalue weighted by Crippen LogP contribution is 2.28. The van der Waals surface area contributed by atoms with E-state index in [0.29, 0.717) is 26.1 Å². The Labute approximate surface area is 156 Å². The summed E-state index contributed by atoms with van der Waals surface area (Å²) in [6.45, 7) is 9.66. The first-order valence-electron chi connectivity index (χ1n) is 9.35. The molecule has 144 valence electrons. The van der Waals surface area contributed by atoms with Crippen molar-refractivity contribution in [3.8, 4) is 5.75 Å². The molecule has 2 atom stereocenters. The summed E-state index contributed by atoms with van der Waals surface area (Å²) in [7, 11) is 0. The van der Waals surface area contributed by atoms with Gasteiger partial charge in [-0.25, -0.2) is 0 Å². The highest BCUT2D eigenvalue weighted by molar-refractivity contribution is 5.69. The van der Waals surface area contributed by atoms with Crippen LogP contribution in [0.4, 0.5) is 0 Å². The zero-order valence-corrected chi connectivity index (χ0v) is 16.2. The van der Waals surface area contributed by atoms with E-state index < -0.39 is 0 Å². The van der Waals surface area contributed by atoms with Crippen LogP contribution >= 0.6 is 0 Å². The Morgan fingerprint density at radius 3 is 2.77 bits per heavy atom. The molecule has 0 bridgehead atoms. The predicted octanol–water partition coefficient (Wildman–Crippen LogP) is 4.31. The summed E-state index contributed by atoms with van der Waals surface area (Å²) in [6, 6.07) is 6.02. The van der Waals surface area contributed by atoms with Gasteiger partial charge in [0.05, 0.1) is 32.0 Å². The van der Waals surface area contributed by atoms with Gasteiger partial charge in [-0.3, -0.25) is 4.79 Å². The zero-order chi connectivity index (χ0) is 18.9. The number of hydrogen-bond acceptors (Lipinski definition) is 5. The summed E-state index contributed by atoms with van der Waals surface area (Å²) in [4.78, 5) is 11.4. The van der Waals surface area contributed by atoms with Crippen molar-refractivity contribution in [2.45, 2.75) is 58.8 Å². The van der Waals surface area contributed by atoms with Crippen LogP contribution in [0.25, 0.3) is 6.08 Å². The highest BCUT2D eigenvalue weighted by Gasteiger charge is 2.24. The minimum Gasteiger partial charge on any atom is -0.491 e. The second-order valence-electron chi connectivity index (χ2n) is 6.63. The Kier molecular flexibility index (Phi) is 8.13. The maximum Gasteiger partial charge on any atom is 0.306 e. The van der Waals surface area contributed by atoms with E-state index in [9.17, 15) is 4.79 Å². The van der Waals surface area contributed by atoms with Gasteiger partial charge < -0.3 is 18.9 Å². The lowest BCUT2D eigenvalue weighted by atomic mass is 10.0. The minimum atomic E-state index is -0.167. The third-order valence-corrected chi connectivity index (χ3v) is 3.92. The molecule has 2 rings (SSSR count). The Bertz CT molecular complexity index is 604. The van der Waals surface area contributed by atoms with E-state index in [2.05, 4.69) is 0 Å². The summed E-state index contributed by atoms with van der Waals surface area (Å²) in [5.74, 6) is 0.663. The summed E-state index contributed by atoms with van der Waals surface area (Å²) in [6.07, 6.45) is 5.34. The molecule has 1 heterocycles. The Morgan fingerprint density at radius 1 is 1.35 bits per heavy atom. The standard InChI is InChI=1S/C21H30O5/c1-5-23-21(22)9-7-6-8-17-10-11-18(26-15(2)3)12-20(17)16(4)24-13-19-14-25-19/h6,8,10-12,15-16,19H,5,7,9,13-14H2,1-4H3/t16-,19+/m1/s1. The van der Waals surface area contributed by atoms with E-state index in [4.69, 9.17) is 18.9 Å². The summed E-state index contributed by atoms with van der Waals surface area (Å²) in [5, 5.41) is 0. The van der Waals surface area contributed by atoms with Crippen molar-refractivity contribution in [1.82, 2.24) is 0 Å². The minimum absolute atomic E-state index is 0.0698. The molecule has 0 N–H and O–H groups in total. The SMILES string of the molecule is CCOC(=O)CCC=Cc1ccc(OC(C)C)cc1[C@@H](C)OC[C@H]1CO1. The number of hydrogen-bond donors (Lipinski definition) is 0. The van der Waals surface area contributed by atoms with E-state index >= 15 is 0 Å². The third-order valence-electron chi connectivity index (χ3n) is 3.92. The van der Waals surface area contributed by atoms with Crippen LogP contribution in [-0.4, -0.2) is 38.0 Å². The van der Waals surface area contributed by atoms with Gasteiger partial charge in [0.25, 0.3) is 0 Å². The molecule has 0 amide bonds. The molecule has 0 spiro atoms. The van der Waals surface area contributed by atoms with Crippen LogP contribution in [0.3, 0.4) is 0 Å². The van der Waals surface area contributed by atoms with E-state index in [1.54, 1.807) is 0 Å². The van der Waals surface area contributed by atoms with Gasteiger partial charge in [0.2, 0.25) is 0 Å². The predicted molar refractivity (Wildman–Crippen MR) is 101 cm³/mol. The van der Waals surface area contributed by atoms with Gasteiger partial charge in [0.1, 0.15) is 11.9 Å². The third kappa shape index (κ3) is 7.18. The molecule has 1 aromatic carbocycles. The topological polar surface area (TPSA) is 57.3 Å². The van der Waals surface area contributed by atoms with Gasteiger partial charge >= 0.3 is 5.97 Å². The van der Waals surface area contributed by atoms with Gasteiger partial charge in [-0.05, 0) is 57.4 Å². The average molecular weight is 362 g/mol. The molecule has 1 fully saturated rings. The van der Waals surface area contributed by atoms with Gasteiger partial charge in [-0.15, -0.1) is 0 Å². The molecule has 0 aliphatic carbocycles. The first-order chi connectivity index (χ1) is 12.5. The van der Waals surface area contributed by atoms with E-state index in [1.165, 1.54) is 0 Å². The van der Waals surface area contributed by atoms with Crippen LogP contribution in [0.2, 0.25) is 0 Å². The lowest BCUT2D eigenvalue weighted by molar-refractivity contribution is -0.142. The molecule has 1 aromatic rings. The van der Waals surface area contributed by atoms with Crippen LogP contribution in [-0.2, 0) is 19.0 Å². The van der Waals surface area contributed by atoms with Crippen molar-refractivity contribution in [2.75, 3.05) is 19.8 Å². The molecule has 0 radical (unpaired) electrons. The van der Waals surface area contributed by atoms with E-state index in [1.807, 2.05) is 58.0 Å². The van der Waals surface area contributed by atoms with Gasteiger partial charge in [0.15, 0.2) is 0 Å². The molecule has 26 heavy (non-hydrogen) atoms. The monoisotopic (exact) mass is 362 g/mol. The molecule has 5 nitrogen and oxygen atoms in total. The second-order valence-corrected chi connectivity index (χ2v) is 6.63. The zero-order valence-electron chi connectivity index (χ0n) is 16.2. The normalized spacial score (nSPS) is 17.5. The van der Waals surface area contributed by atoms with Crippen molar-refractivity contribution in [1.29, 1.82) is 0 Å². The molecule has 0 saturated carbocycles. The fourth-order valence-electron chi connectivity index (χ4n) is 2.55. The first-order valence-corrected chi connectivity index (χ1v) is 9.35. The highest BCUT2D eigenvalue weighted by atomic mass is 16.6. The van der Waals surface area contributed by atoms with Crippen LogP contribution in [0.5, 0.6) is 5.75 Å². The maximum atomic E-state index is 11.4. The second kappa shape index (κ2) is 10.3. The number of allylic oxidation sites excluding steroid dienone is 1. The number of esters is 1. The Balaban J connectivity index is 2.05. The van der Waals surface area contributed by atoms with Gasteiger partial charge in [0, 0.05) is 6.42 Å². The van der Waals surface area contributed by atoms with Crippen molar-refractivity contribution >= 4 is 12.0 Å². The average Bonchev–Trinajstić information content (AvgIpc) is 3.41. The molecule has 1 aliphatic rings. The number of carbonyl (C=O) groups excluding carboxylic acids is 1. The number of ether oxygens (including phenoxy) is 4. The van der Waals surface area contributed by atoms with Gasteiger partial charge in [-0.1, -0.05) is 18.2 Å². The quantitative estimate of drug-likeness (QED) is 0.434. The molecule has 0 aromatic heterocycles. The van der Waals surface area contributed by atoms with E-state index in [0.717, 1.165) is 23.5 Å². The molecule has 1 saturated heterocycles. The summed E-state index contributed by atoms with van der Waals surface area (Å²) in [5.41, 5.74) is 2.13. The fourth-order valence-corrected chi connectivity index (χ4v) is 2.55. The number of epoxide rings is 1. The summed E-state index contributed by atoms with van der Waals surface area (Å²) < 4.78 is 21.9. The van der Waals surface area contributed by atoms with Crippen molar-refractivity contribution in [3.63, 3.8) is 0 Å². The molecule has 5 heteroatoms. The maximum absolute atomic E-state index is 11.4. The number of rotatable bonds is 11. The van der Waals surface area contributed by atoms with Gasteiger partial charge in [-0.2, -0.15) is 0 Å². The first kappa shape index (κ1) is 20.5. The number of carbonyl (C=O) groups is 1. The molecule has 0 unspecified atom stereocenters. The van der Waals surface area contributed by atoms with Crippen LogP contribution < -0.4 is 4.74 Å². The lowest BCUT2D eigenvalue weighted by Crippen LogP contribution is -2.09. The van der Waals surface area contributed by atoms with Crippen molar-refractivity contribution in [2.24, 2.45) is 0 Å². The van der Waals surface area contributed by atoms with Crippen molar-refractivity contribution < 1.29 is 23.7 Å². The molecular formula is C21H30O5. The van der Waals surface area contributed by atoms with Crippen molar-refractivity contribution in [3.05, 3.63) is 35.4 Å². The van der Waals surface area contributed by atoms with E-state index in [-0.39, 0.29) is 24.3 Å². The summed E-state index contributed by atoms with van der Waals surface area (Å²) >= 11 is 0. The van der Waals surface area contributed by atoms with Crippen LogP contribution in [0.15, 0.2) is 24.3 Å². The fraction of sp³-hybridized carbons (Fsp3) is 0.571. The largest absolute Gasteiger partial charge is 0.491 e. The molecule has 1 aliphatic heterocycles. The lowest BCUT2D eigenvalue weighted by Gasteiger charge is -2.18. The molecular weight excluding hydrogens is 332 g/mol. The number of benzene rings is 1. The smallest absolute Gasteiger partial charge is 0.306 e.